The van der Waals surface area contributed by atoms with E-state index in [1.54, 1.807) is 42.5 Å². The minimum atomic E-state index is -4.73. The Morgan fingerprint density at radius 2 is 1.51 bits per heavy atom. The van der Waals surface area contributed by atoms with Crippen molar-refractivity contribution in [2.24, 2.45) is 0 Å². The lowest BCUT2D eigenvalue weighted by molar-refractivity contribution is -0.137. The van der Waals surface area contributed by atoms with Crippen LogP contribution in [0.25, 0.3) is 10.8 Å². The molecule has 0 saturated heterocycles. The molecule has 4 aromatic rings. The number of ether oxygens (including phenoxy) is 1. The first-order valence-corrected chi connectivity index (χ1v) is 14.4. The average molecular weight is 580 g/mol. The van der Waals surface area contributed by atoms with E-state index < -0.39 is 36.8 Å². The Morgan fingerprint density at radius 3 is 2.26 bits per heavy atom. The molecule has 0 spiro atoms. The molecular formula is C27H24F3NO6S2. The second-order valence-electron chi connectivity index (χ2n) is 8.52. The van der Waals surface area contributed by atoms with Crippen LogP contribution in [0.15, 0.2) is 101 Å². The molecule has 0 saturated carbocycles. The summed E-state index contributed by atoms with van der Waals surface area (Å²) in [5, 5.41) is 1.30. The Hall–Kier alpha value is -3.45. The van der Waals surface area contributed by atoms with Crippen molar-refractivity contribution in [3.8, 4) is 5.75 Å². The predicted octanol–water partition coefficient (Wildman–Crippen LogP) is 5.46. The third-order valence-electron chi connectivity index (χ3n) is 5.83. The summed E-state index contributed by atoms with van der Waals surface area (Å²) in [5.41, 5.74) is -0.736. The van der Waals surface area contributed by atoms with Crippen LogP contribution in [0.4, 0.5) is 13.2 Å². The summed E-state index contributed by atoms with van der Waals surface area (Å²) >= 11 is 0. The zero-order chi connectivity index (χ0) is 28.3. The second-order valence-corrected chi connectivity index (χ2v) is 12.0. The van der Waals surface area contributed by atoms with E-state index in [1.807, 2.05) is 0 Å². The summed E-state index contributed by atoms with van der Waals surface area (Å²) in [7, 11) is -7.18. The lowest BCUT2D eigenvalue weighted by atomic mass is 10.1. The maximum Gasteiger partial charge on any atom is 0.416 e. The molecule has 0 unspecified atom stereocenters. The second kappa shape index (κ2) is 11.3. The van der Waals surface area contributed by atoms with E-state index in [0.29, 0.717) is 17.0 Å². The van der Waals surface area contributed by atoms with E-state index >= 15 is 0 Å². The van der Waals surface area contributed by atoms with E-state index in [4.69, 9.17) is 8.92 Å². The normalized spacial score (nSPS) is 12.6. The van der Waals surface area contributed by atoms with Crippen LogP contribution in [0, 0.1) is 0 Å². The van der Waals surface area contributed by atoms with E-state index in [1.165, 1.54) is 35.7 Å². The Balaban J connectivity index is 1.63. The molecule has 0 radical (unpaired) electrons. The number of methoxy groups -OCH3 is 1. The van der Waals surface area contributed by atoms with Gasteiger partial charge in [-0.2, -0.15) is 25.9 Å². The number of halogens is 3. The molecule has 0 aromatic heterocycles. The molecule has 4 aromatic carbocycles. The first-order valence-electron chi connectivity index (χ1n) is 11.6. The zero-order valence-corrected chi connectivity index (χ0v) is 22.3. The highest BCUT2D eigenvalue weighted by atomic mass is 32.2. The molecule has 12 heteroatoms. The van der Waals surface area contributed by atoms with Crippen LogP contribution in [0.3, 0.4) is 0 Å². The summed E-state index contributed by atoms with van der Waals surface area (Å²) < 4.78 is 103. The predicted molar refractivity (Wildman–Crippen MR) is 139 cm³/mol. The van der Waals surface area contributed by atoms with Crippen LogP contribution in [-0.2, 0) is 37.6 Å². The molecule has 0 aliphatic heterocycles. The van der Waals surface area contributed by atoms with Gasteiger partial charge >= 0.3 is 16.3 Å². The highest BCUT2D eigenvalue weighted by Crippen LogP contribution is 2.32. The van der Waals surface area contributed by atoms with Gasteiger partial charge in [-0.25, -0.2) is 8.42 Å². The molecule has 206 valence electrons. The maximum absolute atomic E-state index is 13.7. The molecule has 0 heterocycles. The number of sulfonamides is 1. The third-order valence-corrected chi connectivity index (χ3v) is 8.97. The van der Waals surface area contributed by atoms with Gasteiger partial charge in [0.25, 0.3) is 0 Å². The summed E-state index contributed by atoms with van der Waals surface area (Å²) in [6.45, 7) is -0.0322. The van der Waals surface area contributed by atoms with Gasteiger partial charge < -0.3 is 8.92 Å². The fraction of sp³-hybridized carbons (Fsp3) is 0.185. The maximum atomic E-state index is 13.7. The fourth-order valence-electron chi connectivity index (χ4n) is 3.94. The van der Waals surface area contributed by atoms with Gasteiger partial charge in [-0.05, 0) is 47.3 Å². The molecule has 0 aliphatic carbocycles. The van der Waals surface area contributed by atoms with Crippen LogP contribution in [-0.4, -0.2) is 41.4 Å². The van der Waals surface area contributed by atoms with Gasteiger partial charge in [-0.15, -0.1) is 0 Å². The molecule has 0 amide bonds. The first kappa shape index (κ1) is 28.6. The van der Waals surface area contributed by atoms with Crippen molar-refractivity contribution in [1.82, 2.24) is 4.31 Å². The summed E-state index contributed by atoms with van der Waals surface area (Å²) in [6, 6.07) is 20.9. The Kier molecular flexibility index (Phi) is 8.31. The molecule has 0 bridgehead atoms. The van der Waals surface area contributed by atoms with E-state index in [0.717, 1.165) is 23.6 Å². The monoisotopic (exact) mass is 579 g/mol. The van der Waals surface area contributed by atoms with Crippen molar-refractivity contribution >= 4 is 30.9 Å². The van der Waals surface area contributed by atoms with Gasteiger partial charge in [0, 0.05) is 25.6 Å². The highest BCUT2D eigenvalue weighted by Gasteiger charge is 2.32. The Labute approximate surface area is 224 Å². The summed E-state index contributed by atoms with van der Waals surface area (Å²) in [5.74, 6) is -0.181. The topological polar surface area (TPSA) is 90.0 Å². The van der Waals surface area contributed by atoms with Crippen molar-refractivity contribution in [2.75, 3.05) is 20.3 Å². The zero-order valence-electron chi connectivity index (χ0n) is 20.6. The van der Waals surface area contributed by atoms with Crippen molar-refractivity contribution < 1.29 is 38.9 Å². The smallest absolute Gasteiger partial charge is 0.383 e. The number of alkyl halides is 3. The molecule has 39 heavy (non-hydrogen) atoms. The van der Waals surface area contributed by atoms with Crippen LogP contribution >= 0.6 is 0 Å². The van der Waals surface area contributed by atoms with Gasteiger partial charge in [-0.3, -0.25) is 0 Å². The molecule has 4 rings (SSSR count). The number of benzene rings is 4. The number of hydrogen-bond donors (Lipinski definition) is 0. The molecule has 0 N–H and O–H groups in total. The first-order chi connectivity index (χ1) is 18.4. The third kappa shape index (κ3) is 6.59. The number of hydrogen-bond acceptors (Lipinski definition) is 6. The molecular weight excluding hydrogens is 555 g/mol. The summed E-state index contributed by atoms with van der Waals surface area (Å²) in [4.78, 5) is -0.556. The van der Waals surface area contributed by atoms with Crippen LogP contribution in [0.5, 0.6) is 5.75 Å². The summed E-state index contributed by atoms with van der Waals surface area (Å²) in [6.07, 6.45) is -4.73. The molecule has 0 aliphatic rings. The minimum absolute atomic E-state index is 0.00960. The number of fused-ring (bicyclic) bond motifs is 1. The van der Waals surface area contributed by atoms with Crippen molar-refractivity contribution in [3.05, 3.63) is 102 Å². The Bertz CT molecular complexity index is 1680. The van der Waals surface area contributed by atoms with Crippen LogP contribution < -0.4 is 4.18 Å². The van der Waals surface area contributed by atoms with Crippen molar-refractivity contribution in [3.63, 3.8) is 0 Å². The molecule has 7 nitrogen and oxygen atoms in total. The van der Waals surface area contributed by atoms with Gasteiger partial charge in [0.2, 0.25) is 10.0 Å². The molecule has 0 fully saturated rings. The van der Waals surface area contributed by atoms with Crippen LogP contribution in [0.2, 0.25) is 0 Å². The van der Waals surface area contributed by atoms with Gasteiger partial charge in [0.05, 0.1) is 17.1 Å². The van der Waals surface area contributed by atoms with Crippen LogP contribution in [0.1, 0.15) is 11.1 Å². The van der Waals surface area contributed by atoms with Crippen molar-refractivity contribution in [2.45, 2.75) is 22.5 Å². The van der Waals surface area contributed by atoms with E-state index in [-0.39, 0.29) is 30.3 Å². The van der Waals surface area contributed by atoms with Crippen molar-refractivity contribution in [1.29, 1.82) is 0 Å². The highest BCUT2D eigenvalue weighted by molar-refractivity contribution is 7.89. The van der Waals surface area contributed by atoms with E-state index in [2.05, 4.69) is 0 Å². The lowest BCUT2D eigenvalue weighted by Gasteiger charge is -2.23. The number of nitrogens with zero attached hydrogens (tertiary/aromatic N) is 1. The SMILES string of the molecule is COCCN(Cc1cccc(OS(=O)(=O)c2cccc(C(F)(F)F)c2)c1)S(=O)(=O)c1cccc2ccccc12. The van der Waals surface area contributed by atoms with E-state index in [9.17, 15) is 30.0 Å². The quantitative estimate of drug-likeness (QED) is 0.232. The number of rotatable bonds is 10. The lowest BCUT2D eigenvalue weighted by Crippen LogP contribution is -2.33. The molecule has 0 atom stereocenters. The largest absolute Gasteiger partial charge is 0.416 e. The van der Waals surface area contributed by atoms with Gasteiger partial charge in [0.1, 0.15) is 10.6 Å². The average Bonchev–Trinajstić information content (AvgIpc) is 2.90. The van der Waals surface area contributed by atoms with Gasteiger partial charge in [0.15, 0.2) is 0 Å². The Morgan fingerprint density at radius 1 is 0.821 bits per heavy atom. The van der Waals surface area contributed by atoms with Gasteiger partial charge in [-0.1, -0.05) is 54.6 Å². The standard InChI is InChI=1S/C27H24F3NO6S2/c1-36-16-15-31(38(32,33)26-14-5-9-21-8-2-3-13-25(21)26)19-20-7-4-11-23(17-20)37-39(34,35)24-12-6-10-22(18-24)27(28,29)30/h2-14,17-18H,15-16,19H2,1H3. The fourth-order valence-corrected chi connectivity index (χ4v) is 6.54. The minimum Gasteiger partial charge on any atom is -0.383 e.